The van der Waals surface area contributed by atoms with Crippen LogP contribution >= 0.6 is 24.8 Å². The Labute approximate surface area is 243 Å². The number of benzene rings is 4. The van der Waals surface area contributed by atoms with Crippen molar-refractivity contribution in [1.82, 2.24) is 0 Å². The van der Waals surface area contributed by atoms with Gasteiger partial charge in [0.1, 0.15) is 0 Å². The van der Waals surface area contributed by atoms with Crippen molar-refractivity contribution < 1.29 is 20.7 Å². The normalized spacial score (nSPS) is 12.3. The molecule has 0 heterocycles. The number of hydrogen-bond donors (Lipinski definition) is 1. The summed E-state index contributed by atoms with van der Waals surface area (Å²) in [5.41, 5.74) is 9.56. The zero-order chi connectivity index (χ0) is 24.5. The van der Waals surface area contributed by atoms with Crippen LogP contribution in [-0.2, 0) is 27.1 Å². The molecular weight excluding hydrogens is 589 g/mol. The summed E-state index contributed by atoms with van der Waals surface area (Å²) in [6.45, 7) is 11.9. The molecule has 37 heavy (non-hydrogen) atoms. The fourth-order valence-electron chi connectivity index (χ4n) is 5.41. The van der Waals surface area contributed by atoms with Gasteiger partial charge in [0.25, 0.3) is 0 Å². The van der Waals surface area contributed by atoms with Crippen molar-refractivity contribution in [2.24, 2.45) is 0 Å². The van der Waals surface area contributed by atoms with Gasteiger partial charge in [-0.15, -0.1) is 24.8 Å². The quantitative estimate of drug-likeness (QED) is 0.188. The molecule has 0 fully saturated rings. The predicted molar refractivity (Wildman–Crippen MR) is 165 cm³/mol. The third-order valence-electron chi connectivity index (χ3n) is 7.32. The Morgan fingerprint density at radius 3 is 1.89 bits per heavy atom. The standard InChI is InChI=1S/C13H9.C12H18N.C7H8Si.2ClH.Zr/c1-3-7-12-10(5-1)9-11-6-2-4-8-13(11)12;1-8(2)10-6-5-7-11(9(3)4)12(10)13;1-8-7-5-3-2-4-6-7;;;/h1-5,7-8H,9H2;5-9,13H,1-4H3;2-6H,1H3;2*1H;/q;-1;;;;+1. The van der Waals surface area contributed by atoms with Crippen LogP contribution in [0, 0.1) is 0 Å². The van der Waals surface area contributed by atoms with Crippen LogP contribution in [0.5, 0.6) is 0 Å². The van der Waals surface area contributed by atoms with Crippen molar-refractivity contribution in [2.45, 2.75) is 52.5 Å². The number of nitrogens with one attached hydrogen (secondary N) is 1. The zero-order valence-electron chi connectivity index (χ0n) is 22.3. The van der Waals surface area contributed by atoms with Crippen LogP contribution < -0.4 is 11.7 Å². The minimum absolute atomic E-state index is 0. The molecule has 0 spiro atoms. The van der Waals surface area contributed by atoms with Crippen molar-refractivity contribution in [3.05, 3.63) is 113 Å². The topological polar surface area (TPSA) is 12.0 Å². The summed E-state index contributed by atoms with van der Waals surface area (Å²) < 4.78 is 6.05. The van der Waals surface area contributed by atoms with Crippen LogP contribution in [-0.4, -0.2) is 5.43 Å². The van der Waals surface area contributed by atoms with E-state index in [4.69, 9.17) is 0 Å². The minimum atomic E-state index is -2.38. The zero-order valence-corrected chi connectivity index (χ0v) is 27.4. The Balaban J connectivity index is 0.00000190. The van der Waals surface area contributed by atoms with Crippen molar-refractivity contribution in [1.29, 1.82) is 0 Å². The van der Waals surface area contributed by atoms with Crippen LogP contribution in [0.1, 0.15) is 61.8 Å². The van der Waals surface area contributed by atoms with E-state index in [1.807, 2.05) is 0 Å². The maximum atomic E-state index is 4.39. The van der Waals surface area contributed by atoms with E-state index >= 15 is 0 Å². The summed E-state index contributed by atoms with van der Waals surface area (Å²) in [6.07, 6.45) is 1.07. The van der Waals surface area contributed by atoms with Crippen LogP contribution in [0.3, 0.4) is 0 Å². The van der Waals surface area contributed by atoms with Gasteiger partial charge in [0.05, 0.1) is 0 Å². The molecule has 4 aromatic rings. The molecule has 0 aromatic heterocycles. The fraction of sp³-hybridized carbons (Fsp3) is 0.250. The molecule has 0 radical (unpaired) electrons. The maximum Gasteiger partial charge on any atom is -0.147 e. The second kappa shape index (κ2) is 12.9. The summed E-state index contributed by atoms with van der Waals surface area (Å²) in [5.74, 6) is 0.992. The van der Waals surface area contributed by atoms with Gasteiger partial charge in [-0.25, -0.2) is 0 Å². The summed E-state index contributed by atoms with van der Waals surface area (Å²) in [4.78, 5) is 0. The van der Waals surface area contributed by atoms with E-state index in [2.05, 4.69) is 128 Å². The summed E-state index contributed by atoms with van der Waals surface area (Å²) in [7, 11) is 0. The molecule has 5 heteroatoms. The van der Waals surface area contributed by atoms with Crippen LogP contribution in [0.25, 0.3) is 11.1 Å². The van der Waals surface area contributed by atoms with E-state index in [0.717, 1.165) is 6.42 Å². The van der Waals surface area contributed by atoms with Crippen molar-refractivity contribution in [3.8, 4) is 11.1 Å². The number of hydrogen-bond acceptors (Lipinski definition) is 1. The first-order chi connectivity index (χ1) is 17.0. The fourth-order valence-corrected chi connectivity index (χ4v) is 20.4. The van der Waals surface area contributed by atoms with E-state index in [1.54, 1.807) is 14.0 Å². The Hall–Kier alpha value is -1.64. The Bertz CT molecular complexity index is 1390. The number of rotatable bonds is 6. The third kappa shape index (κ3) is 6.01. The number of halogens is 2. The largest absolute Gasteiger partial charge is 0.147 e. The Morgan fingerprint density at radius 2 is 1.24 bits per heavy atom. The summed E-state index contributed by atoms with van der Waals surface area (Å²) >= 11 is -2.38. The Kier molecular flexibility index (Phi) is 10.5. The average molecular weight is 626 g/mol. The predicted octanol–water partition coefficient (Wildman–Crippen LogP) is 8.15. The van der Waals surface area contributed by atoms with Gasteiger partial charge in [0, 0.05) is 0 Å². The first-order valence-electron chi connectivity index (χ1n) is 12.8. The number of para-hydroxylation sites is 1. The van der Waals surface area contributed by atoms with E-state index < -0.39 is 26.1 Å². The molecule has 1 nitrogen and oxygen atoms in total. The third-order valence-corrected chi connectivity index (χ3v) is 23.0. The van der Waals surface area contributed by atoms with Gasteiger partial charge in [-0.05, 0) is 0 Å². The molecule has 0 bridgehead atoms. The summed E-state index contributed by atoms with van der Waals surface area (Å²) in [6, 6.07) is 34.4. The van der Waals surface area contributed by atoms with Gasteiger partial charge < -0.3 is 0 Å². The molecular formula is C32H37Cl2NSiZr. The molecule has 5 rings (SSSR count). The van der Waals surface area contributed by atoms with Gasteiger partial charge in [0.2, 0.25) is 0 Å². The molecule has 0 saturated heterocycles. The molecule has 0 saturated carbocycles. The van der Waals surface area contributed by atoms with Crippen LogP contribution in [0.15, 0.2) is 91.0 Å². The summed E-state index contributed by atoms with van der Waals surface area (Å²) in [5, 5.41) is 1.56. The first kappa shape index (κ1) is 29.9. The molecule has 0 atom stereocenters. The number of anilines is 1. The minimum Gasteiger partial charge on any atom is -0.147 e. The SMILES string of the molecule is CC(C)c1cccc(C(C)C)c1[NH]/[Zr]([c]1cccc2c1Cc1ccccc1-2)=[Si](/C)c1ccccc1.Cl.Cl. The molecule has 0 aliphatic heterocycles. The van der Waals surface area contributed by atoms with E-state index in [0.29, 0.717) is 11.8 Å². The number of fused-ring (bicyclic) bond motifs is 3. The van der Waals surface area contributed by atoms with Gasteiger partial charge in [0.15, 0.2) is 0 Å². The second-order valence-corrected chi connectivity index (χ2v) is 24.4. The molecule has 0 unspecified atom stereocenters. The smallest absolute Gasteiger partial charge is 0.147 e. The van der Waals surface area contributed by atoms with Crippen molar-refractivity contribution in [3.63, 3.8) is 0 Å². The van der Waals surface area contributed by atoms with E-state index in [-0.39, 0.29) is 24.8 Å². The van der Waals surface area contributed by atoms with Crippen molar-refractivity contribution >= 4 is 44.4 Å². The van der Waals surface area contributed by atoms with Crippen molar-refractivity contribution in [2.75, 3.05) is 3.26 Å². The molecule has 4 aromatic carbocycles. The monoisotopic (exact) mass is 623 g/mol. The first-order valence-corrected chi connectivity index (χ1v) is 21.0. The van der Waals surface area contributed by atoms with Gasteiger partial charge in [-0.3, -0.25) is 0 Å². The second-order valence-electron chi connectivity index (χ2n) is 10.3. The van der Waals surface area contributed by atoms with Gasteiger partial charge in [-0.2, -0.15) is 0 Å². The molecule has 192 valence electrons. The van der Waals surface area contributed by atoms with Crippen LogP contribution in [0.2, 0.25) is 6.55 Å². The van der Waals surface area contributed by atoms with Gasteiger partial charge in [-0.1, -0.05) is 0 Å². The molecule has 1 aliphatic carbocycles. The van der Waals surface area contributed by atoms with Gasteiger partial charge >= 0.3 is 220 Å². The van der Waals surface area contributed by atoms with E-state index in [9.17, 15) is 0 Å². The average Bonchev–Trinajstić information content (AvgIpc) is 3.26. The molecule has 1 aliphatic rings. The van der Waals surface area contributed by atoms with Crippen LogP contribution in [0.4, 0.5) is 5.69 Å². The van der Waals surface area contributed by atoms with E-state index in [1.165, 1.54) is 33.5 Å². The molecule has 1 N–H and O–H groups in total. The Morgan fingerprint density at radius 1 is 0.676 bits per heavy atom. The molecule has 0 amide bonds. The maximum absolute atomic E-state index is 4.39.